The van der Waals surface area contributed by atoms with Crippen LogP contribution in [0.5, 0.6) is 0 Å². The predicted octanol–water partition coefficient (Wildman–Crippen LogP) is 3.36. The Labute approximate surface area is 191 Å². The number of aromatic nitrogens is 5. The summed E-state index contributed by atoms with van der Waals surface area (Å²) in [6.45, 7) is 4.42. The van der Waals surface area contributed by atoms with Crippen molar-refractivity contribution in [1.29, 1.82) is 0 Å². The van der Waals surface area contributed by atoms with Crippen molar-refractivity contribution in [2.45, 2.75) is 32.4 Å². The van der Waals surface area contributed by atoms with Crippen LogP contribution in [0.2, 0.25) is 0 Å². The topological polar surface area (TPSA) is 78.1 Å². The second-order valence-electron chi connectivity index (χ2n) is 8.93. The second kappa shape index (κ2) is 7.81. The summed E-state index contributed by atoms with van der Waals surface area (Å²) in [5, 5.41) is 11.6. The summed E-state index contributed by atoms with van der Waals surface area (Å²) >= 11 is 0. The van der Waals surface area contributed by atoms with Crippen molar-refractivity contribution in [3.8, 4) is 22.5 Å². The van der Waals surface area contributed by atoms with Gasteiger partial charge in [0.05, 0.1) is 30.2 Å². The van der Waals surface area contributed by atoms with Crippen molar-refractivity contribution in [1.82, 2.24) is 29.4 Å². The van der Waals surface area contributed by atoms with Gasteiger partial charge in [-0.2, -0.15) is 10.2 Å². The zero-order chi connectivity index (χ0) is 22.5. The lowest BCUT2D eigenvalue weighted by Crippen LogP contribution is -2.35. The highest BCUT2D eigenvalue weighted by atomic mass is 16.5. The van der Waals surface area contributed by atoms with Crippen LogP contribution in [0.15, 0.2) is 42.9 Å². The van der Waals surface area contributed by atoms with Gasteiger partial charge in [0.15, 0.2) is 0 Å². The molecular weight excluding hydrogens is 416 g/mol. The fourth-order valence-electron chi connectivity index (χ4n) is 5.04. The van der Waals surface area contributed by atoms with E-state index in [4.69, 9.17) is 14.8 Å². The molecule has 1 amide bonds. The first-order chi connectivity index (χ1) is 16.1. The normalized spacial score (nSPS) is 18.1. The highest BCUT2D eigenvalue weighted by molar-refractivity contribution is 5.97. The van der Waals surface area contributed by atoms with E-state index in [2.05, 4.69) is 34.0 Å². The molecule has 8 heteroatoms. The Morgan fingerprint density at radius 1 is 1.24 bits per heavy atom. The largest absolute Gasteiger partial charge is 0.379 e. The number of ether oxygens (including phenoxy) is 1. The van der Waals surface area contributed by atoms with Crippen molar-refractivity contribution in [3.63, 3.8) is 0 Å². The van der Waals surface area contributed by atoms with Crippen molar-refractivity contribution in [2.24, 2.45) is 7.05 Å². The first-order valence-corrected chi connectivity index (χ1v) is 11.4. The van der Waals surface area contributed by atoms with Gasteiger partial charge in [-0.3, -0.25) is 19.1 Å². The zero-order valence-corrected chi connectivity index (χ0v) is 18.9. The maximum atomic E-state index is 12.2. The number of carbonyl (C=O) groups excluding carboxylic acids is 1. The number of amides is 1. The highest BCUT2D eigenvalue weighted by Crippen LogP contribution is 2.37. The van der Waals surface area contributed by atoms with Gasteiger partial charge in [-0.05, 0) is 17.9 Å². The molecule has 6 rings (SSSR count). The van der Waals surface area contributed by atoms with E-state index in [-0.39, 0.29) is 11.9 Å². The quantitative estimate of drug-likeness (QED) is 0.486. The summed E-state index contributed by atoms with van der Waals surface area (Å²) in [7, 11) is 1.90. The number of hydrogen-bond acceptors (Lipinski definition) is 5. The van der Waals surface area contributed by atoms with Gasteiger partial charge in [-0.25, -0.2) is 0 Å². The van der Waals surface area contributed by atoms with Crippen LogP contribution in [0.3, 0.4) is 0 Å². The molecule has 2 aliphatic rings. The van der Waals surface area contributed by atoms with Gasteiger partial charge in [0.2, 0.25) is 5.91 Å². The second-order valence-corrected chi connectivity index (χ2v) is 8.93. The van der Waals surface area contributed by atoms with Crippen LogP contribution in [0.1, 0.15) is 30.6 Å². The van der Waals surface area contributed by atoms with Crippen LogP contribution >= 0.6 is 0 Å². The molecule has 0 unspecified atom stereocenters. The number of benzene rings is 1. The molecule has 0 aliphatic carbocycles. The Balaban J connectivity index is 1.50. The lowest BCUT2D eigenvalue weighted by Gasteiger charge is -2.27. The number of carbonyl (C=O) groups is 1. The third-order valence-corrected chi connectivity index (χ3v) is 6.80. The van der Waals surface area contributed by atoms with E-state index in [1.54, 1.807) is 11.6 Å². The molecule has 168 valence electrons. The summed E-state index contributed by atoms with van der Waals surface area (Å²) in [6, 6.07) is 8.64. The van der Waals surface area contributed by atoms with Gasteiger partial charge >= 0.3 is 0 Å². The number of rotatable bonds is 3. The molecule has 2 aliphatic heterocycles. The third-order valence-electron chi connectivity index (χ3n) is 6.80. The van der Waals surface area contributed by atoms with E-state index in [9.17, 15) is 4.79 Å². The third kappa shape index (κ3) is 3.41. The average molecular weight is 443 g/mol. The van der Waals surface area contributed by atoms with Gasteiger partial charge in [0.25, 0.3) is 0 Å². The lowest BCUT2D eigenvalue weighted by atomic mass is 9.97. The van der Waals surface area contributed by atoms with E-state index < -0.39 is 0 Å². The molecule has 33 heavy (non-hydrogen) atoms. The summed E-state index contributed by atoms with van der Waals surface area (Å²) in [5.41, 5.74) is 6.26. The molecule has 1 fully saturated rings. The van der Waals surface area contributed by atoms with Crippen molar-refractivity contribution in [2.75, 3.05) is 19.8 Å². The lowest BCUT2D eigenvalue weighted by molar-refractivity contribution is -0.129. The van der Waals surface area contributed by atoms with Gasteiger partial charge in [0, 0.05) is 80.3 Å². The van der Waals surface area contributed by atoms with Crippen LogP contribution in [-0.4, -0.2) is 55.1 Å². The van der Waals surface area contributed by atoms with Crippen LogP contribution in [0.4, 0.5) is 0 Å². The molecule has 0 radical (unpaired) electrons. The Morgan fingerprint density at radius 2 is 2.15 bits per heavy atom. The van der Waals surface area contributed by atoms with Gasteiger partial charge < -0.3 is 9.64 Å². The van der Waals surface area contributed by atoms with Crippen LogP contribution < -0.4 is 0 Å². The zero-order valence-electron chi connectivity index (χ0n) is 18.9. The van der Waals surface area contributed by atoms with E-state index in [0.29, 0.717) is 13.2 Å². The molecule has 1 atom stereocenters. The molecule has 0 bridgehead atoms. The Kier molecular flexibility index (Phi) is 4.76. The van der Waals surface area contributed by atoms with Crippen molar-refractivity contribution < 1.29 is 9.53 Å². The number of nitrogens with zero attached hydrogens (tertiary/aromatic N) is 6. The Morgan fingerprint density at radius 3 is 2.91 bits per heavy atom. The van der Waals surface area contributed by atoms with Gasteiger partial charge in [-0.15, -0.1) is 0 Å². The minimum Gasteiger partial charge on any atom is -0.379 e. The smallest absolute Gasteiger partial charge is 0.219 e. The fraction of sp³-hybridized carbons (Fsp3) is 0.360. The summed E-state index contributed by atoms with van der Waals surface area (Å²) < 4.78 is 9.62. The van der Waals surface area contributed by atoms with E-state index >= 15 is 0 Å². The van der Waals surface area contributed by atoms with Gasteiger partial charge in [0.1, 0.15) is 0 Å². The molecule has 1 aromatic carbocycles. The predicted molar refractivity (Wildman–Crippen MR) is 124 cm³/mol. The molecule has 3 aromatic heterocycles. The molecule has 0 saturated carbocycles. The molecule has 0 spiro atoms. The number of pyridine rings is 1. The summed E-state index contributed by atoms with van der Waals surface area (Å²) in [5.74, 6) is 0.101. The number of fused-ring (bicyclic) bond motifs is 2. The van der Waals surface area contributed by atoms with E-state index in [0.717, 1.165) is 64.8 Å². The number of hydrogen-bond donors (Lipinski definition) is 0. The maximum Gasteiger partial charge on any atom is 0.219 e. The molecular formula is C25H26N6O2. The molecule has 5 heterocycles. The molecule has 4 aromatic rings. The molecule has 0 N–H and O–H groups in total. The van der Waals surface area contributed by atoms with Crippen LogP contribution in [0.25, 0.3) is 33.3 Å². The van der Waals surface area contributed by atoms with Crippen LogP contribution in [-0.2, 0) is 29.5 Å². The summed E-state index contributed by atoms with van der Waals surface area (Å²) in [4.78, 5) is 18.8. The highest BCUT2D eigenvalue weighted by Gasteiger charge is 2.31. The van der Waals surface area contributed by atoms with E-state index in [1.807, 2.05) is 30.5 Å². The molecule has 8 nitrogen and oxygen atoms in total. The first-order valence-electron chi connectivity index (χ1n) is 11.4. The van der Waals surface area contributed by atoms with Crippen LogP contribution in [0, 0.1) is 0 Å². The maximum absolute atomic E-state index is 12.2. The van der Waals surface area contributed by atoms with Gasteiger partial charge in [-0.1, -0.05) is 18.2 Å². The Bertz CT molecular complexity index is 1360. The first kappa shape index (κ1) is 20.1. The summed E-state index contributed by atoms with van der Waals surface area (Å²) in [6.07, 6.45) is 7.51. The average Bonchev–Trinajstić information content (AvgIpc) is 3.57. The van der Waals surface area contributed by atoms with Crippen molar-refractivity contribution >= 4 is 16.7 Å². The molecule has 1 saturated heterocycles. The minimum absolute atomic E-state index is 0.101. The van der Waals surface area contributed by atoms with E-state index in [1.165, 1.54) is 5.69 Å². The van der Waals surface area contributed by atoms with Crippen molar-refractivity contribution in [3.05, 3.63) is 54.1 Å². The monoisotopic (exact) mass is 442 g/mol. The minimum atomic E-state index is 0.101. The standard InChI is InChI=1S/C25H26N6O2/c1-16(32)30-8-6-24-22(14-30)25(28-31(24)19-7-9-33-15-19)20-5-3-4-17-10-23(26-12-21(17)20)18-11-27-29(2)13-18/h3-5,10-13,19H,6-9,14-15H2,1-2H3/t19-/m0/s1. The fourth-order valence-corrected chi connectivity index (χ4v) is 5.04. The Hall–Kier alpha value is -3.52. The SMILES string of the molecule is CC(=O)N1CCc2c(c(-c3cccc4cc(-c5cnn(C)c5)ncc34)nn2[C@H]2CCOC2)C1. The number of aryl methyl sites for hydroxylation is 1.